The third-order valence-electron chi connectivity index (χ3n) is 2.63. The number of aliphatic hydroxyl groups is 1. The van der Waals surface area contributed by atoms with E-state index < -0.39 is 28.2 Å². The summed E-state index contributed by atoms with van der Waals surface area (Å²) in [6.45, 7) is 1.71. The van der Waals surface area contributed by atoms with Gasteiger partial charge in [0.25, 0.3) is 10.2 Å². The van der Waals surface area contributed by atoms with E-state index >= 15 is 0 Å². The molecule has 17 heavy (non-hydrogen) atoms. The fraction of sp³-hybridized carbons (Fsp3) is 0.889. The van der Waals surface area contributed by atoms with E-state index in [9.17, 15) is 13.2 Å². The Kier molecular flexibility index (Phi) is 4.87. The van der Waals surface area contributed by atoms with Crippen LogP contribution in [-0.4, -0.2) is 54.6 Å². The zero-order valence-electron chi connectivity index (χ0n) is 9.66. The van der Waals surface area contributed by atoms with Gasteiger partial charge in [0.1, 0.15) is 0 Å². The Labute approximate surface area is 101 Å². The summed E-state index contributed by atoms with van der Waals surface area (Å²) in [5, 5.41) is 17.9. The minimum atomic E-state index is -3.68. The van der Waals surface area contributed by atoms with E-state index in [1.54, 1.807) is 0 Å². The van der Waals surface area contributed by atoms with Crippen LogP contribution in [0.3, 0.4) is 0 Å². The maximum Gasteiger partial charge on any atom is 0.307 e. The van der Waals surface area contributed by atoms with E-state index in [4.69, 9.17) is 10.2 Å². The second kappa shape index (κ2) is 5.76. The molecule has 7 nitrogen and oxygen atoms in total. The van der Waals surface area contributed by atoms with Crippen LogP contribution in [0.15, 0.2) is 0 Å². The Hall–Kier alpha value is -0.700. The minimum Gasteiger partial charge on any atom is -0.481 e. The van der Waals surface area contributed by atoms with Crippen molar-refractivity contribution in [3.63, 3.8) is 0 Å². The molecule has 0 saturated carbocycles. The monoisotopic (exact) mass is 266 g/mol. The molecule has 0 bridgehead atoms. The Balaban J connectivity index is 2.62. The van der Waals surface area contributed by atoms with Crippen LogP contribution in [0.4, 0.5) is 0 Å². The molecular formula is C9H18N2O5S. The highest BCUT2D eigenvalue weighted by Crippen LogP contribution is 2.18. The number of piperidine rings is 1. The fourth-order valence-corrected chi connectivity index (χ4v) is 3.06. The van der Waals surface area contributed by atoms with Gasteiger partial charge in [-0.25, -0.2) is 0 Å². The predicted octanol–water partition coefficient (Wildman–Crippen LogP) is -1.00. The molecule has 0 aliphatic carbocycles. The lowest BCUT2D eigenvalue weighted by atomic mass is 10.0. The summed E-state index contributed by atoms with van der Waals surface area (Å²) in [6, 6.07) is 0. The highest BCUT2D eigenvalue weighted by Gasteiger charge is 2.32. The van der Waals surface area contributed by atoms with Crippen LogP contribution < -0.4 is 4.72 Å². The van der Waals surface area contributed by atoms with Crippen LogP contribution in [0.2, 0.25) is 0 Å². The Morgan fingerprint density at radius 3 is 2.76 bits per heavy atom. The van der Waals surface area contributed by atoms with Gasteiger partial charge in [-0.1, -0.05) is 0 Å². The van der Waals surface area contributed by atoms with Crippen molar-refractivity contribution >= 4 is 16.2 Å². The van der Waals surface area contributed by atoms with Crippen LogP contribution in [-0.2, 0) is 15.0 Å². The molecular weight excluding hydrogens is 248 g/mol. The van der Waals surface area contributed by atoms with Gasteiger partial charge in [0, 0.05) is 19.6 Å². The Morgan fingerprint density at radius 1 is 1.59 bits per heavy atom. The molecule has 0 radical (unpaired) electrons. The second-order valence-electron chi connectivity index (χ2n) is 4.24. The molecule has 0 amide bonds. The van der Waals surface area contributed by atoms with Gasteiger partial charge in [-0.15, -0.1) is 0 Å². The number of rotatable bonds is 5. The molecule has 0 aromatic rings. The molecule has 1 rings (SSSR count). The van der Waals surface area contributed by atoms with Crippen molar-refractivity contribution in [3.8, 4) is 0 Å². The van der Waals surface area contributed by atoms with Crippen LogP contribution in [0.1, 0.15) is 19.8 Å². The fourth-order valence-electron chi connectivity index (χ4n) is 1.68. The van der Waals surface area contributed by atoms with Crippen molar-refractivity contribution in [2.24, 2.45) is 5.92 Å². The number of carbonyl (C=O) groups is 1. The summed E-state index contributed by atoms with van der Waals surface area (Å²) in [5.41, 5.74) is 0. The molecule has 0 aromatic heterocycles. The smallest absolute Gasteiger partial charge is 0.307 e. The Bertz CT molecular complexity index is 368. The first-order valence-corrected chi connectivity index (χ1v) is 6.92. The molecule has 1 aliphatic heterocycles. The number of hydrogen-bond donors (Lipinski definition) is 3. The van der Waals surface area contributed by atoms with E-state index in [-0.39, 0.29) is 13.1 Å². The molecule has 1 saturated heterocycles. The van der Waals surface area contributed by atoms with E-state index in [0.29, 0.717) is 19.4 Å². The zero-order valence-corrected chi connectivity index (χ0v) is 10.5. The number of nitrogens with one attached hydrogen (secondary N) is 1. The van der Waals surface area contributed by atoms with Gasteiger partial charge in [0.05, 0.1) is 12.0 Å². The molecule has 8 heteroatoms. The largest absolute Gasteiger partial charge is 0.481 e. The van der Waals surface area contributed by atoms with E-state index in [1.165, 1.54) is 6.92 Å². The average molecular weight is 266 g/mol. The normalized spacial score (nSPS) is 24.5. The van der Waals surface area contributed by atoms with E-state index in [1.807, 2.05) is 0 Å². The Morgan fingerprint density at radius 2 is 2.24 bits per heavy atom. The maximum absolute atomic E-state index is 11.8. The number of carboxylic acid groups (broad SMARTS) is 1. The lowest BCUT2D eigenvalue weighted by Crippen LogP contribution is -2.48. The molecule has 1 aliphatic rings. The maximum atomic E-state index is 11.8. The number of hydrogen-bond acceptors (Lipinski definition) is 4. The van der Waals surface area contributed by atoms with Crippen molar-refractivity contribution in [3.05, 3.63) is 0 Å². The molecule has 1 fully saturated rings. The van der Waals surface area contributed by atoms with Crippen molar-refractivity contribution in [1.82, 2.24) is 9.03 Å². The first-order chi connectivity index (χ1) is 7.83. The first-order valence-electron chi connectivity index (χ1n) is 5.48. The van der Waals surface area contributed by atoms with Crippen molar-refractivity contribution in [2.45, 2.75) is 25.9 Å². The molecule has 1 heterocycles. The van der Waals surface area contributed by atoms with Crippen molar-refractivity contribution in [2.75, 3.05) is 19.6 Å². The minimum absolute atomic E-state index is 0.00945. The second-order valence-corrected chi connectivity index (χ2v) is 5.99. The van der Waals surface area contributed by atoms with Crippen molar-refractivity contribution < 1.29 is 23.4 Å². The molecule has 100 valence electrons. The summed E-state index contributed by atoms with van der Waals surface area (Å²) in [6.07, 6.45) is 0.259. The van der Waals surface area contributed by atoms with Crippen LogP contribution >= 0.6 is 0 Å². The van der Waals surface area contributed by atoms with Gasteiger partial charge in [0.2, 0.25) is 0 Å². The highest BCUT2D eigenvalue weighted by atomic mass is 32.2. The predicted molar refractivity (Wildman–Crippen MR) is 60.5 cm³/mol. The van der Waals surface area contributed by atoms with Gasteiger partial charge in [-0.3, -0.25) is 4.79 Å². The topological polar surface area (TPSA) is 107 Å². The SMILES string of the molecule is CC(O)CNS(=O)(=O)N1CCCC(C(=O)O)C1. The van der Waals surface area contributed by atoms with Crippen LogP contribution in [0, 0.1) is 5.92 Å². The lowest BCUT2D eigenvalue weighted by Gasteiger charge is -2.29. The van der Waals surface area contributed by atoms with Gasteiger partial charge in [-0.2, -0.15) is 17.4 Å². The molecule has 2 unspecified atom stereocenters. The van der Waals surface area contributed by atoms with Gasteiger partial charge in [-0.05, 0) is 19.8 Å². The lowest BCUT2D eigenvalue weighted by molar-refractivity contribution is -0.142. The number of carboxylic acids is 1. The van der Waals surface area contributed by atoms with E-state index in [0.717, 1.165) is 4.31 Å². The average Bonchev–Trinajstić information content (AvgIpc) is 2.27. The van der Waals surface area contributed by atoms with Crippen LogP contribution in [0.5, 0.6) is 0 Å². The summed E-state index contributed by atoms with van der Waals surface area (Å²) in [7, 11) is -3.68. The quantitative estimate of drug-likeness (QED) is 0.591. The first kappa shape index (κ1) is 14.4. The zero-order chi connectivity index (χ0) is 13.1. The van der Waals surface area contributed by atoms with Gasteiger partial charge in [0.15, 0.2) is 0 Å². The third-order valence-corrected chi connectivity index (χ3v) is 4.18. The summed E-state index contributed by atoms with van der Waals surface area (Å²) in [4.78, 5) is 10.8. The standard InChI is InChI=1S/C9H18N2O5S/c1-7(12)5-10-17(15,16)11-4-2-3-8(6-11)9(13)14/h7-8,10,12H,2-6H2,1H3,(H,13,14). The third kappa shape index (κ3) is 4.23. The van der Waals surface area contributed by atoms with E-state index in [2.05, 4.69) is 4.72 Å². The highest BCUT2D eigenvalue weighted by molar-refractivity contribution is 7.87. The van der Waals surface area contributed by atoms with Gasteiger partial charge < -0.3 is 10.2 Å². The summed E-state index contributed by atoms with van der Waals surface area (Å²) >= 11 is 0. The number of aliphatic carboxylic acids is 1. The van der Waals surface area contributed by atoms with Gasteiger partial charge >= 0.3 is 5.97 Å². The number of nitrogens with zero attached hydrogens (tertiary/aromatic N) is 1. The summed E-state index contributed by atoms with van der Waals surface area (Å²) < 4.78 is 26.9. The van der Waals surface area contributed by atoms with Crippen LogP contribution in [0.25, 0.3) is 0 Å². The molecule has 3 N–H and O–H groups in total. The number of aliphatic hydroxyl groups excluding tert-OH is 1. The summed E-state index contributed by atoms with van der Waals surface area (Å²) in [5.74, 6) is -1.62. The molecule has 0 spiro atoms. The van der Waals surface area contributed by atoms with Crippen molar-refractivity contribution in [1.29, 1.82) is 0 Å². The molecule has 0 aromatic carbocycles. The molecule has 2 atom stereocenters.